The standard InChI is InChI=1S/C15H18BrN3/c16-15-13-3-1-2-4-14(13)19(17-15)12-7-9-18(10-8-12)11-5-6-11/h1-4,11-12H,5-10H2. The van der Waals surface area contributed by atoms with Crippen molar-refractivity contribution in [2.45, 2.75) is 37.8 Å². The molecule has 1 aliphatic heterocycles. The molecule has 1 saturated carbocycles. The van der Waals surface area contributed by atoms with Gasteiger partial charge in [0.1, 0.15) is 4.60 Å². The summed E-state index contributed by atoms with van der Waals surface area (Å²) in [7, 11) is 0. The zero-order valence-electron chi connectivity index (χ0n) is 10.9. The third kappa shape index (κ3) is 2.11. The second-order valence-electron chi connectivity index (χ2n) is 5.75. The fourth-order valence-electron chi connectivity index (χ4n) is 3.26. The smallest absolute Gasteiger partial charge is 0.136 e. The maximum absolute atomic E-state index is 4.71. The molecule has 2 aromatic rings. The number of nitrogens with zero attached hydrogens (tertiary/aromatic N) is 3. The highest BCUT2D eigenvalue weighted by Gasteiger charge is 2.32. The Morgan fingerprint density at radius 3 is 2.47 bits per heavy atom. The second-order valence-corrected chi connectivity index (χ2v) is 6.50. The zero-order valence-corrected chi connectivity index (χ0v) is 12.5. The van der Waals surface area contributed by atoms with Crippen molar-refractivity contribution in [3.63, 3.8) is 0 Å². The van der Waals surface area contributed by atoms with Crippen LogP contribution in [0.2, 0.25) is 0 Å². The molecule has 0 bridgehead atoms. The number of halogens is 1. The summed E-state index contributed by atoms with van der Waals surface area (Å²) in [6.45, 7) is 2.47. The molecule has 4 rings (SSSR count). The van der Waals surface area contributed by atoms with Gasteiger partial charge in [0, 0.05) is 24.5 Å². The Balaban J connectivity index is 1.60. The van der Waals surface area contributed by atoms with E-state index in [4.69, 9.17) is 5.10 Å². The van der Waals surface area contributed by atoms with Gasteiger partial charge in [0.2, 0.25) is 0 Å². The lowest BCUT2D eigenvalue weighted by Crippen LogP contribution is -2.36. The molecule has 1 aromatic heterocycles. The van der Waals surface area contributed by atoms with Crippen molar-refractivity contribution in [3.8, 4) is 0 Å². The van der Waals surface area contributed by atoms with Crippen LogP contribution in [-0.4, -0.2) is 33.8 Å². The van der Waals surface area contributed by atoms with Gasteiger partial charge in [-0.25, -0.2) is 0 Å². The van der Waals surface area contributed by atoms with Gasteiger partial charge in [0.25, 0.3) is 0 Å². The molecule has 2 aliphatic rings. The monoisotopic (exact) mass is 319 g/mol. The van der Waals surface area contributed by atoms with Gasteiger partial charge in [-0.3, -0.25) is 4.68 Å². The van der Waals surface area contributed by atoms with Crippen LogP contribution in [0.3, 0.4) is 0 Å². The van der Waals surface area contributed by atoms with E-state index in [2.05, 4.69) is 49.8 Å². The van der Waals surface area contributed by atoms with E-state index in [1.54, 1.807) is 0 Å². The SMILES string of the molecule is Brc1nn(C2CCN(C3CC3)CC2)c2ccccc12. The highest BCUT2D eigenvalue weighted by molar-refractivity contribution is 9.10. The highest BCUT2D eigenvalue weighted by atomic mass is 79.9. The van der Waals surface area contributed by atoms with Crippen LogP contribution < -0.4 is 0 Å². The van der Waals surface area contributed by atoms with Gasteiger partial charge >= 0.3 is 0 Å². The summed E-state index contributed by atoms with van der Waals surface area (Å²) < 4.78 is 3.22. The molecular weight excluding hydrogens is 302 g/mol. The summed E-state index contributed by atoms with van der Waals surface area (Å²) >= 11 is 3.59. The molecule has 0 amide bonds. The average molecular weight is 320 g/mol. The Kier molecular flexibility index (Phi) is 2.88. The number of rotatable bonds is 2. The van der Waals surface area contributed by atoms with Crippen LogP contribution in [0.1, 0.15) is 31.7 Å². The number of hydrogen-bond donors (Lipinski definition) is 0. The summed E-state index contributed by atoms with van der Waals surface area (Å²) in [5.74, 6) is 0. The Labute approximate surface area is 121 Å². The summed E-state index contributed by atoms with van der Waals surface area (Å²) in [6, 6.07) is 9.97. The predicted octanol–water partition coefficient (Wildman–Crippen LogP) is 3.60. The summed E-state index contributed by atoms with van der Waals surface area (Å²) in [5.41, 5.74) is 1.26. The maximum atomic E-state index is 4.71. The molecule has 0 spiro atoms. The van der Waals surface area contributed by atoms with E-state index in [0.717, 1.165) is 10.6 Å². The molecule has 0 unspecified atom stereocenters. The Hall–Kier alpha value is -0.870. The molecule has 1 aliphatic carbocycles. The molecule has 1 aromatic carbocycles. The molecule has 0 radical (unpaired) electrons. The van der Waals surface area contributed by atoms with Gasteiger partial charge in [0.05, 0.1) is 11.6 Å². The van der Waals surface area contributed by atoms with Crippen molar-refractivity contribution in [2.75, 3.05) is 13.1 Å². The van der Waals surface area contributed by atoms with Gasteiger partial charge < -0.3 is 4.90 Å². The van der Waals surface area contributed by atoms with Crippen molar-refractivity contribution in [3.05, 3.63) is 28.9 Å². The zero-order chi connectivity index (χ0) is 12.8. The number of aromatic nitrogens is 2. The van der Waals surface area contributed by atoms with E-state index < -0.39 is 0 Å². The molecule has 0 N–H and O–H groups in total. The molecule has 4 heteroatoms. The van der Waals surface area contributed by atoms with E-state index in [-0.39, 0.29) is 0 Å². The van der Waals surface area contributed by atoms with Gasteiger partial charge in [0.15, 0.2) is 0 Å². The first kappa shape index (κ1) is 11.9. The molecule has 2 fully saturated rings. The normalized spacial score (nSPS) is 22.2. The Morgan fingerprint density at radius 2 is 1.74 bits per heavy atom. The lowest BCUT2D eigenvalue weighted by molar-refractivity contribution is 0.174. The second kappa shape index (κ2) is 4.60. The first-order valence-corrected chi connectivity index (χ1v) is 7.99. The van der Waals surface area contributed by atoms with Crippen molar-refractivity contribution in [1.29, 1.82) is 0 Å². The third-order valence-electron chi connectivity index (χ3n) is 4.48. The topological polar surface area (TPSA) is 21.1 Å². The summed E-state index contributed by atoms with van der Waals surface area (Å²) in [6.07, 6.45) is 5.30. The average Bonchev–Trinajstić information content (AvgIpc) is 3.25. The van der Waals surface area contributed by atoms with Crippen LogP contribution in [0.15, 0.2) is 28.9 Å². The number of piperidine rings is 1. The molecule has 3 nitrogen and oxygen atoms in total. The highest BCUT2D eigenvalue weighted by Crippen LogP contribution is 2.34. The third-order valence-corrected chi connectivity index (χ3v) is 5.06. The van der Waals surface area contributed by atoms with Gasteiger partial charge in [-0.15, -0.1) is 0 Å². The number of fused-ring (bicyclic) bond motifs is 1. The minimum atomic E-state index is 0.561. The number of likely N-dealkylation sites (tertiary alicyclic amines) is 1. The van der Waals surface area contributed by atoms with E-state index >= 15 is 0 Å². The van der Waals surface area contributed by atoms with E-state index in [9.17, 15) is 0 Å². The van der Waals surface area contributed by atoms with Crippen LogP contribution >= 0.6 is 15.9 Å². The van der Waals surface area contributed by atoms with Gasteiger partial charge in [-0.2, -0.15) is 5.10 Å². The number of para-hydroxylation sites is 1. The van der Waals surface area contributed by atoms with Crippen LogP contribution in [0.4, 0.5) is 0 Å². The fourth-order valence-corrected chi connectivity index (χ4v) is 3.77. The number of hydrogen-bond acceptors (Lipinski definition) is 2. The van der Waals surface area contributed by atoms with Crippen LogP contribution in [0, 0.1) is 0 Å². The van der Waals surface area contributed by atoms with Crippen LogP contribution in [0.5, 0.6) is 0 Å². The summed E-state index contributed by atoms with van der Waals surface area (Å²) in [5, 5.41) is 5.94. The predicted molar refractivity (Wildman–Crippen MR) is 80.3 cm³/mol. The van der Waals surface area contributed by atoms with Crippen molar-refractivity contribution in [2.24, 2.45) is 0 Å². The first-order chi connectivity index (χ1) is 9.33. The van der Waals surface area contributed by atoms with E-state index in [0.29, 0.717) is 6.04 Å². The lowest BCUT2D eigenvalue weighted by atomic mass is 10.0. The minimum Gasteiger partial charge on any atom is -0.300 e. The Morgan fingerprint density at radius 1 is 1.00 bits per heavy atom. The van der Waals surface area contributed by atoms with Crippen molar-refractivity contribution >= 4 is 26.8 Å². The summed E-state index contributed by atoms with van der Waals surface area (Å²) in [4.78, 5) is 2.66. The van der Waals surface area contributed by atoms with E-state index in [1.165, 1.54) is 49.7 Å². The molecule has 2 heterocycles. The maximum Gasteiger partial charge on any atom is 0.136 e. The fraction of sp³-hybridized carbons (Fsp3) is 0.533. The minimum absolute atomic E-state index is 0.561. The molecule has 19 heavy (non-hydrogen) atoms. The van der Waals surface area contributed by atoms with Crippen molar-refractivity contribution < 1.29 is 0 Å². The van der Waals surface area contributed by atoms with Crippen LogP contribution in [-0.2, 0) is 0 Å². The quantitative estimate of drug-likeness (QED) is 0.843. The van der Waals surface area contributed by atoms with E-state index in [1.807, 2.05) is 0 Å². The largest absolute Gasteiger partial charge is 0.300 e. The molecule has 1 saturated heterocycles. The molecule has 100 valence electrons. The number of benzene rings is 1. The van der Waals surface area contributed by atoms with Crippen molar-refractivity contribution in [1.82, 2.24) is 14.7 Å². The molecular formula is C15H18BrN3. The molecule has 0 atom stereocenters. The lowest BCUT2D eigenvalue weighted by Gasteiger charge is -2.32. The van der Waals surface area contributed by atoms with Crippen LogP contribution in [0.25, 0.3) is 10.9 Å². The Bertz CT molecular complexity index is 594. The van der Waals surface area contributed by atoms with Gasteiger partial charge in [-0.1, -0.05) is 18.2 Å². The van der Waals surface area contributed by atoms with Gasteiger partial charge in [-0.05, 0) is 47.7 Å². The first-order valence-electron chi connectivity index (χ1n) is 7.20.